The smallest absolute Gasteiger partial charge is 0.234 e. The Balaban J connectivity index is 1.62. The van der Waals surface area contributed by atoms with Gasteiger partial charge in [-0.2, -0.15) is 0 Å². The Labute approximate surface area is 168 Å². The molecule has 0 unspecified atom stereocenters. The number of rotatable bonds is 7. The first-order chi connectivity index (χ1) is 13.4. The van der Waals surface area contributed by atoms with E-state index in [0.29, 0.717) is 5.69 Å². The van der Waals surface area contributed by atoms with E-state index >= 15 is 0 Å². The number of thioether (sulfide) groups is 1. The van der Waals surface area contributed by atoms with E-state index in [1.54, 1.807) is 30.5 Å². The number of benzene rings is 2. The molecule has 0 aliphatic heterocycles. The molecule has 0 aliphatic carbocycles. The van der Waals surface area contributed by atoms with Crippen molar-refractivity contribution < 1.29 is 9.59 Å². The lowest BCUT2D eigenvalue weighted by molar-refractivity contribution is -0.117. The maximum Gasteiger partial charge on any atom is 0.234 e. The van der Waals surface area contributed by atoms with Gasteiger partial charge in [0.1, 0.15) is 0 Å². The van der Waals surface area contributed by atoms with Crippen LogP contribution in [0.1, 0.15) is 16.7 Å². The highest BCUT2D eigenvalue weighted by Gasteiger charge is 2.11. The first kappa shape index (κ1) is 19.7. The summed E-state index contributed by atoms with van der Waals surface area (Å²) in [5, 5.41) is 3.62. The van der Waals surface area contributed by atoms with Gasteiger partial charge in [0, 0.05) is 18.1 Å². The van der Waals surface area contributed by atoms with Crippen LogP contribution in [0.5, 0.6) is 0 Å². The summed E-state index contributed by atoms with van der Waals surface area (Å²) in [5.41, 5.74) is 10.0. The summed E-state index contributed by atoms with van der Waals surface area (Å²) >= 11 is 1.38. The summed E-state index contributed by atoms with van der Waals surface area (Å²) in [6.45, 7) is 4.10. The molecule has 1 heterocycles. The van der Waals surface area contributed by atoms with Crippen molar-refractivity contribution in [1.29, 1.82) is 0 Å². The van der Waals surface area contributed by atoms with Gasteiger partial charge in [0.05, 0.1) is 17.9 Å². The van der Waals surface area contributed by atoms with Gasteiger partial charge in [-0.15, -0.1) is 0 Å². The van der Waals surface area contributed by atoms with Crippen LogP contribution in [0.3, 0.4) is 0 Å². The van der Waals surface area contributed by atoms with Crippen LogP contribution in [0.2, 0.25) is 0 Å². The van der Waals surface area contributed by atoms with Crippen LogP contribution in [0, 0.1) is 13.8 Å². The number of amides is 2. The molecule has 1 aromatic heterocycles. The Morgan fingerprint density at radius 2 is 1.89 bits per heavy atom. The van der Waals surface area contributed by atoms with Gasteiger partial charge in [-0.25, -0.2) is 4.98 Å². The lowest BCUT2D eigenvalue weighted by Gasteiger charge is -2.11. The third-order valence-electron chi connectivity index (χ3n) is 4.18. The van der Waals surface area contributed by atoms with E-state index in [1.165, 1.54) is 17.3 Å². The molecule has 3 rings (SSSR count). The fourth-order valence-corrected chi connectivity index (χ4v) is 3.56. The second-order valence-corrected chi connectivity index (χ2v) is 7.49. The minimum Gasteiger partial charge on any atom is -0.369 e. The Morgan fingerprint density at radius 3 is 2.61 bits per heavy atom. The van der Waals surface area contributed by atoms with Gasteiger partial charge in [0.15, 0.2) is 5.16 Å². The van der Waals surface area contributed by atoms with Gasteiger partial charge in [-0.3, -0.25) is 14.2 Å². The molecule has 144 valence electrons. The van der Waals surface area contributed by atoms with Gasteiger partial charge < -0.3 is 11.1 Å². The van der Waals surface area contributed by atoms with Gasteiger partial charge in [-0.1, -0.05) is 36.0 Å². The number of aromatic nitrogens is 2. The number of hydrogen-bond donors (Lipinski definition) is 2. The van der Waals surface area contributed by atoms with Crippen LogP contribution in [-0.2, 0) is 16.0 Å². The minimum absolute atomic E-state index is 0.122. The maximum atomic E-state index is 12.3. The molecule has 0 saturated carbocycles. The highest BCUT2D eigenvalue weighted by molar-refractivity contribution is 7.99. The van der Waals surface area contributed by atoms with Crippen LogP contribution in [0.15, 0.2) is 60.0 Å². The number of imidazole rings is 1. The molecule has 0 spiro atoms. The predicted octanol–water partition coefficient (Wildman–Crippen LogP) is 3.25. The number of nitrogens with one attached hydrogen (secondary N) is 1. The Kier molecular flexibility index (Phi) is 6.16. The van der Waals surface area contributed by atoms with Crippen LogP contribution >= 0.6 is 11.8 Å². The number of primary amides is 1. The Hall–Kier alpha value is -3.06. The molecule has 2 amide bonds. The lowest BCUT2D eigenvalue weighted by atomic mass is 10.1. The van der Waals surface area contributed by atoms with E-state index in [9.17, 15) is 9.59 Å². The standard InChI is InChI=1S/C21H22N4O2S/c1-14-3-4-15(2)18(11-14)25-10-9-23-21(25)28-13-20(27)24-17-7-5-16(6-8-17)12-19(22)26/h3-11H,12-13H2,1-2H3,(H2,22,26)(H,24,27). The number of hydrogen-bond acceptors (Lipinski definition) is 4. The summed E-state index contributed by atoms with van der Waals surface area (Å²) in [4.78, 5) is 27.6. The first-order valence-corrected chi connectivity index (χ1v) is 9.82. The molecule has 0 aliphatic rings. The van der Waals surface area contributed by atoms with Crippen molar-refractivity contribution in [3.8, 4) is 5.69 Å². The van der Waals surface area contributed by atoms with Crippen molar-refractivity contribution in [2.45, 2.75) is 25.4 Å². The summed E-state index contributed by atoms with van der Waals surface area (Å²) in [5.74, 6) is -0.263. The number of carbonyl (C=O) groups is 2. The molecule has 0 fully saturated rings. The third-order valence-corrected chi connectivity index (χ3v) is 5.15. The number of anilines is 1. The van der Waals surface area contributed by atoms with E-state index in [0.717, 1.165) is 22.0 Å². The second-order valence-electron chi connectivity index (χ2n) is 6.55. The van der Waals surface area contributed by atoms with E-state index in [1.807, 2.05) is 10.8 Å². The summed E-state index contributed by atoms with van der Waals surface area (Å²) < 4.78 is 2.00. The van der Waals surface area contributed by atoms with Gasteiger partial charge in [-0.05, 0) is 48.7 Å². The van der Waals surface area contributed by atoms with Crippen LogP contribution in [0.25, 0.3) is 5.69 Å². The molecule has 28 heavy (non-hydrogen) atoms. The van der Waals surface area contributed by atoms with E-state index < -0.39 is 0 Å². The van der Waals surface area contributed by atoms with Gasteiger partial charge in [0.2, 0.25) is 11.8 Å². The second kappa shape index (κ2) is 8.75. The normalized spacial score (nSPS) is 10.6. The molecule has 0 saturated heterocycles. The summed E-state index contributed by atoms with van der Waals surface area (Å²) in [6, 6.07) is 13.3. The zero-order chi connectivity index (χ0) is 20.1. The van der Waals surface area contributed by atoms with E-state index in [2.05, 4.69) is 42.3 Å². The van der Waals surface area contributed by atoms with Crippen molar-refractivity contribution in [3.05, 3.63) is 71.5 Å². The van der Waals surface area contributed by atoms with Crippen molar-refractivity contribution in [1.82, 2.24) is 9.55 Å². The average Bonchev–Trinajstić information content (AvgIpc) is 3.11. The molecule has 6 nitrogen and oxygen atoms in total. The lowest BCUT2D eigenvalue weighted by Crippen LogP contribution is -2.15. The monoisotopic (exact) mass is 394 g/mol. The molecule has 3 N–H and O–H groups in total. The number of nitrogens with zero attached hydrogens (tertiary/aromatic N) is 2. The molecule has 2 aromatic carbocycles. The van der Waals surface area contributed by atoms with Crippen molar-refractivity contribution >= 4 is 29.3 Å². The number of nitrogens with two attached hydrogens (primary N) is 1. The molecule has 0 atom stereocenters. The van der Waals surface area contributed by atoms with Crippen molar-refractivity contribution in [2.75, 3.05) is 11.1 Å². The zero-order valence-electron chi connectivity index (χ0n) is 15.8. The maximum absolute atomic E-state index is 12.3. The van der Waals surface area contributed by atoms with Crippen LogP contribution in [-0.4, -0.2) is 27.1 Å². The average molecular weight is 395 g/mol. The van der Waals surface area contributed by atoms with E-state index in [-0.39, 0.29) is 24.0 Å². The van der Waals surface area contributed by atoms with Crippen molar-refractivity contribution in [3.63, 3.8) is 0 Å². The minimum atomic E-state index is -0.382. The summed E-state index contributed by atoms with van der Waals surface area (Å²) in [7, 11) is 0. The van der Waals surface area contributed by atoms with Crippen LogP contribution < -0.4 is 11.1 Å². The quantitative estimate of drug-likeness (QED) is 0.602. The highest BCUT2D eigenvalue weighted by Crippen LogP contribution is 2.24. The van der Waals surface area contributed by atoms with Crippen molar-refractivity contribution in [2.24, 2.45) is 5.73 Å². The predicted molar refractivity (Wildman–Crippen MR) is 112 cm³/mol. The highest BCUT2D eigenvalue weighted by atomic mass is 32.2. The fraction of sp³-hybridized carbons (Fsp3) is 0.190. The van der Waals surface area contributed by atoms with Gasteiger partial charge in [0.25, 0.3) is 0 Å². The molecule has 0 radical (unpaired) electrons. The topological polar surface area (TPSA) is 90.0 Å². The Bertz CT molecular complexity index is 996. The molecular formula is C21H22N4O2S. The fourth-order valence-electron chi connectivity index (χ4n) is 2.79. The summed E-state index contributed by atoms with van der Waals surface area (Å²) in [6.07, 6.45) is 3.82. The number of carbonyl (C=O) groups excluding carboxylic acids is 2. The van der Waals surface area contributed by atoms with E-state index in [4.69, 9.17) is 5.73 Å². The van der Waals surface area contributed by atoms with Gasteiger partial charge >= 0.3 is 0 Å². The molecular weight excluding hydrogens is 372 g/mol. The molecule has 3 aromatic rings. The SMILES string of the molecule is Cc1ccc(C)c(-n2ccnc2SCC(=O)Nc2ccc(CC(N)=O)cc2)c1. The Morgan fingerprint density at radius 1 is 1.14 bits per heavy atom. The molecule has 0 bridgehead atoms. The zero-order valence-corrected chi connectivity index (χ0v) is 16.6. The number of aryl methyl sites for hydroxylation is 2. The molecule has 7 heteroatoms. The first-order valence-electron chi connectivity index (χ1n) is 8.83. The largest absolute Gasteiger partial charge is 0.369 e. The van der Waals surface area contributed by atoms with Crippen LogP contribution in [0.4, 0.5) is 5.69 Å². The third kappa shape index (κ3) is 5.01.